The fourth-order valence-corrected chi connectivity index (χ4v) is 2.99. The van der Waals surface area contributed by atoms with Gasteiger partial charge in [0.15, 0.2) is 6.17 Å². The lowest BCUT2D eigenvalue weighted by Crippen LogP contribution is -2.60. The van der Waals surface area contributed by atoms with Crippen LogP contribution in [0, 0.1) is 0 Å². The summed E-state index contributed by atoms with van der Waals surface area (Å²) in [5.74, 6) is -0.203. The van der Waals surface area contributed by atoms with Crippen molar-refractivity contribution in [2.24, 2.45) is 0 Å². The molecule has 0 aromatic carbocycles. The molecule has 0 unspecified atom stereocenters. The summed E-state index contributed by atoms with van der Waals surface area (Å²) in [6, 6.07) is 0. The van der Waals surface area contributed by atoms with E-state index in [1.165, 1.54) is 0 Å². The number of rotatable bonds is 4. The first kappa shape index (κ1) is 16.1. The minimum Gasteiger partial charge on any atom is -0.379 e. The number of hydrogen-bond acceptors (Lipinski definition) is 8. The highest BCUT2D eigenvalue weighted by molar-refractivity contribution is 5.75. The van der Waals surface area contributed by atoms with Crippen molar-refractivity contribution in [3.05, 3.63) is 0 Å². The quantitative estimate of drug-likeness (QED) is 0.639. The van der Waals surface area contributed by atoms with E-state index in [4.69, 9.17) is 19.0 Å². The molecule has 3 saturated heterocycles. The van der Waals surface area contributed by atoms with Crippen molar-refractivity contribution >= 4 is 5.97 Å². The SMILES string of the molecule is O=C(ON1CCOCC1)C(N1CCOCC1)N1CCOCC1. The zero-order valence-electron chi connectivity index (χ0n) is 12.9. The molecule has 0 bridgehead atoms. The fourth-order valence-electron chi connectivity index (χ4n) is 2.99. The molecule has 0 spiro atoms. The van der Waals surface area contributed by atoms with Crippen LogP contribution in [0.5, 0.6) is 0 Å². The van der Waals surface area contributed by atoms with Crippen LogP contribution in [0.3, 0.4) is 0 Å². The van der Waals surface area contributed by atoms with Gasteiger partial charge in [0.05, 0.1) is 52.7 Å². The molecule has 8 nitrogen and oxygen atoms in total. The van der Waals surface area contributed by atoms with Crippen molar-refractivity contribution in [3.8, 4) is 0 Å². The van der Waals surface area contributed by atoms with E-state index in [9.17, 15) is 4.79 Å². The number of carbonyl (C=O) groups is 1. The van der Waals surface area contributed by atoms with Gasteiger partial charge in [-0.15, -0.1) is 5.06 Å². The van der Waals surface area contributed by atoms with Crippen LogP contribution in [0.4, 0.5) is 0 Å². The van der Waals surface area contributed by atoms with Crippen molar-refractivity contribution in [1.29, 1.82) is 0 Å². The molecule has 0 atom stereocenters. The molecule has 3 fully saturated rings. The zero-order chi connectivity index (χ0) is 15.2. The highest BCUT2D eigenvalue weighted by Crippen LogP contribution is 2.14. The molecule has 3 aliphatic heterocycles. The minimum absolute atomic E-state index is 0.203. The summed E-state index contributed by atoms with van der Waals surface area (Å²) in [7, 11) is 0. The summed E-state index contributed by atoms with van der Waals surface area (Å²) in [6.45, 7) is 8.10. The summed E-state index contributed by atoms with van der Waals surface area (Å²) in [6.07, 6.45) is -0.351. The molecule has 3 aliphatic rings. The Morgan fingerprint density at radius 1 is 0.727 bits per heavy atom. The van der Waals surface area contributed by atoms with Gasteiger partial charge in [-0.05, 0) is 0 Å². The van der Waals surface area contributed by atoms with Crippen molar-refractivity contribution in [2.45, 2.75) is 6.17 Å². The number of morpholine rings is 3. The maximum atomic E-state index is 12.7. The van der Waals surface area contributed by atoms with E-state index in [1.807, 2.05) is 0 Å². The highest BCUT2D eigenvalue weighted by atomic mass is 16.7. The molecule has 8 heteroatoms. The van der Waals surface area contributed by atoms with Gasteiger partial charge in [-0.25, -0.2) is 4.79 Å². The van der Waals surface area contributed by atoms with E-state index >= 15 is 0 Å². The summed E-state index contributed by atoms with van der Waals surface area (Å²) in [4.78, 5) is 22.7. The average molecular weight is 315 g/mol. The fraction of sp³-hybridized carbons (Fsp3) is 0.929. The Bertz CT molecular complexity index is 334. The van der Waals surface area contributed by atoms with Crippen LogP contribution < -0.4 is 0 Å². The molecule has 0 aromatic heterocycles. The van der Waals surface area contributed by atoms with Crippen LogP contribution in [0.25, 0.3) is 0 Å². The average Bonchev–Trinajstić information content (AvgIpc) is 2.58. The molecule has 0 radical (unpaired) electrons. The van der Waals surface area contributed by atoms with E-state index in [0.717, 1.165) is 26.2 Å². The topological polar surface area (TPSA) is 63.7 Å². The lowest BCUT2D eigenvalue weighted by molar-refractivity contribution is -0.220. The van der Waals surface area contributed by atoms with Crippen LogP contribution in [0.15, 0.2) is 0 Å². The van der Waals surface area contributed by atoms with Gasteiger partial charge in [-0.2, -0.15) is 0 Å². The van der Waals surface area contributed by atoms with Gasteiger partial charge in [-0.3, -0.25) is 9.80 Å². The number of nitrogens with zero attached hydrogens (tertiary/aromatic N) is 3. The van der Waals surface area contributed by atoms with Gasteiger partial charge in [0.25, 0.3) is 0 Å². The second kappa shape index (κ2) is 8.19. The number of hydroxylamine groups is 2. The molecule has 0 amide bonds. The molecule has 0 aliphatic carbocycles. The minimum atomic E-state index is -0.351. The van der Waals surface area contributed by atoms with Gasteiger partial charge in [0, 0.05) is 26.2 Å². The van der Waals surface area contributed by atoms with E-state index in [2.05, 4.69) is 9.80 Å². The maximum Gasteiger partial charge on any atom is 0.357 e. The van der Waals surface area contributed by atoms with Crippen LogP contribution in [-0.2, 0) is 23.8 Å². The second-order valence-corrected chi connectivity index (χ2v) is 5.62. The van der Waals surface area contributed by atoms with Crippen molar-refractivity contribution < 1.29 is 23.8 Å². The van der Waals surface area contributed by atoms with Gasteiger partial charge >= 0.3 is 5.97 Å². The molecular weight excluding hydrogens is 290 g/mol. The predicted octanol–water partition coefficient (Wildman–Crippen LogP) is -1.23. The first-order chi connectivity index (χ1) is 10.8. The Hall–Kier alpha value is -0.770. The molecule has 0 N–H and O–H groups in total. The first-order valence-electron chi connectivity index (χ1n) is 8.03. The monoisotopic (exact) mass is 315 g/mol. The van der Waals surface area contributed by atoms with Crippen molar-refractivity contribution in [2.75, 3.05) is 78.9 Å². The molecule has 0 aromatic rings. The predicted molar refractivity (Wildman–Crippen MR) is 77.1 cm³/mol. The summed E-state index contributed by atoms with van der Waals surface area (Å²) >= 11 is 0. The lowest BCUT2D eigenvalue weighted by Gasteiger charge is -2.41. The van der Waals surface area contributed by atoms with Crippen LogP contribution in [0.2, 0.25) is 0 Å². The van der Waals surface area contributed by atoms with Crippen LogP contribution >= 0.6 is 0 Å². The third kappa shape index (κ3) is 4.15. The zero-order valence-corrected chi connectivity index (χ0v) is 12.9. The molecular formula is C14H25N3O5. The Kier molecular flexibility index (Phi) is 5.99. The summed E-state index contributed by atoms with van der Waals surface area (Å²) in [5, 5.41) is 1.71. The smallest absolute Gasteiger partial charge is 0.357 e. The van der Waals surface area contributed by atoms with E-state index in [1.54, 1.807) is 5.06 Å². The highest BCUT2D eigenvalue weighted by Gasteiger charge is 2.36. The second-order valence-electron chi connectivity index (χ2n) is 5.62. The van der Waals surface area contributed by atoms with Gasteiger partial charge in [0.2, 0.25) is 0 Å². The normalized spacial score (nSPS) is 26.2. The number of hydrogen-bond donors (Lipinski definition) is 0. The molecule has 3 rings (SSSR count). The van der Waals surface area contributed by atoms with Crippen LogP contribution in [-0.4, -0.2) is 106 Å². The van der Waals surface area contributed by atoms with Gasteiger partial charge in [-0.1, -0.05) is 0 Å². The third-order valence-electron chi connectivity index (χ3n) is 4.18. The summed E-state index contributed by atoms with van der Waals surface area (Å²) < 4.78 is 16.1. The summed E-state index contributed by atoms with van der Waals surface area (Å²) in [5.41, 5.74) is 0. The number of carbonyl (C=O) groups excluding carboxylic acids is 1. The van der Waals surface area contributed by atoms with Crippen molar-refractivity contribution in [3.63, 3.8) is 0 Å². The molecule has 0 saturated carbocycles. The van der Waals surface area contributed by atoms with Gasteiger partial charge in [0.1, 0.15) is 0 Å². The van der Waals surface area contributed by atoms with E-state index in [0.29, 0.717) is 52.7 Å². The first-order valence-corrected chi connectivity index (χ1v) is 8.03. The van der Waals surface area contributed by atoms with Gasteiger partial charge < -0.3 is 19.0 Å². The standard InChI is InChI=1S/C14H25N3O5/c18-14(22-17-5-11-21-12-6-17)13(15-1-7-19-8-2-15)16-3-9-20-10-4-16/h13H,1-12H2. The molecule has 126 valence electrons. The van der Waals surface area contributed by atoms with Crippen LogP contribution in [0.1, 0.15) is 0 Å². The van der Waals surface area contributed by atoms with E-state index in [-0.39, 0.29) is 12.1 Å². The Balaban J connectivity index is 1.64. The molecule has 3 heterocycles. The third-order valence-corrected chi connectivity index (χ3v) is 4.18. The Labute approximate surface area is 130 Å². The molecule has 22 heavy (non-hydrogen) atoms. The van der Waals surface area contributed by atoms with Crippen molar-refractivity contribution in [1.82, 2.24) is 14.9 Å². The Morgan fingerprint density at radius 2 is 1.14 bits per heavy atom. The van der Waals surface area contributed by atoms with E-state index < -0.39 is 0 Å². The lowest BCUT2D eigenvalue weighted by atomic mass is 10.3. The largest absolute Gasteiger partial charge is 0.379 e. The Morgan fingerprint density at radius 3 is 1.59 bits per heavy atom. The maximum absolute atomic E-state index is 12.7. The number of ether oxygens (including phenoxy) is 3.